The van der Waals surface area contributed by atoms with E-state index in [4.69, 9.17) is 5.26 Å². The van der Waals surface area contributed by atoms with Crippen molar-refractivity contribution in [3.05, 3.63) is 35.4 Å². The van der Waals surface area contributed by atoms with Gasteiger partial charge in [-0.2, -0.15) is 5.26 Å². The fourth-order valence-corrected chi connectivity index (χ4v) is 5.81. The van der Waals surface area contributed by atoms with Gasteiger partial charge in [0.15, 0.2) is 0 Å². The zero-order chi connectivity index (χ0) is 15.5. The standard InChI is InChI=1S/C18H19NO3/c19-9-10-1-3-12(4-2-10)18(8-16(20)21)13-5-11-6-15(18)14(7-13)17(11)22/h1-4,11,13-15,17,22H,5-8H2,(H,20,21). The zero-order valence-electron chi connectivity index (χ0n) is 12.3. The molecule has 1 aromatic carbocycles. The van der Waals surface area contributed by atoms with Crippen LogP contribution in [0.1, 0.15) is 36.8 Å². The second kappa shape index (κ2) is 4.57. The maximum Gasteiger partial charge on any atom is 0.304 e. The summed E-state index contributed by atoms with van der Waals surface area (Å²) in [6.45, 7) is 0. The van der Waals surface area contributed by atoms with Gasteiger partial charge in [0.1, 0.15) is 0 Å². The van der Waals surface area contributed by atoms with Crippen LogP contribution >= 0.6 is 0 Å². The number of aliphatic hydroxyl groups is 1. The third-order valence-corrected chi connectivity index (χ3v) is 6.52. The summed E-state index contributed by atoms with van der Waals surface area (Å²) in [5.41, 5.74) is 1.28. The smallest absolute Gasteiger partial charge is 0.304 e. The molecule has 0 spiro atoms. The summed E-state index contributed by atoms with van der Waals surface area (Å²) in [5.74, 6) is 0.437. The largest absolute Gasteiger partial charge is 0.481 e. The fourth-order valence-electron chi connectivity index (χ4n) is 5.81. The molecule has 6 unspecified atom stereocenters. The van der Waals surface area contributed by atoms with Crippen LogP contribution in [0.25, 0.3) is 0 Å². The van der Waals surface area contributed by atoms with Crippen molar-refractivity contribution >= 4 is 5.97 Å². The molecule has 4 heteroatoms. The lowest BCUT2D eigenvalue weighted by atomic mass is 9.59. The number of nitrogens with zero attached hydrogens (tertiary/aromatic N) is 1. The van der Waals surface area contributed by atoms with Crippen LogP contribution in [-0.4, -0.2) is 22.3 Å². The molecule has 4 nitrogen and oxygen atoms in total. The molecule has 6 atom stereocenters. The molecule has 4 aliphatic carbocycles. The van der Waals surface area contributed by atoms with Crippen molar-refractivity contribution in [2.45, 2.75) is 37.2 Å². The molecule has 0 radical (unpaired) electrons. The summed E-state index contributed by atoms with van der Waals surface area (Å²) >= 11 is 0. The molecule has 4 bridgehead atoms. The second-order valence-electron chi connectivity index (χ2n) is 7.23. The van der Waals surface area contributed by atoms with Gasteiger partial charge in [-0.05, 0) is 60.6 Å². The van der Waals surface area contributed by atoms with Gasteiger partial charge in [0.05, 0.1) is 24.2 Å². The summed E-state index contributed by atoms with van der Waals surface area (Å²) in [5, 5.41) is 28.9. The molecule has 5 rings (SSSR count). The summed E-state index contributed by atoms with van der Waals surface area (Å²) in [4.78, 5) is 11.6. The minimum Gasteiger partial charge on any atom is -0.481 e. The number of hydrogen-bond acceptors (Lipinski definition) is 3. The van der Waals surface area contributed by atoms with Crippen molar-refractivity contribution in [1.82, 2.24) is 0 Å². The maximum atomic E-state index is 11.6. The van der Waals surface area contributed by atoms with E-state index in [9.17, 15) is 15.0 Å². The summed E-state index contributed by atoms with van der Waals surface area (Å²) in [6.07, 6.45) is 2.69. The Morgan fingerprint density at radius 3 is 2.64 bits per heavy atom. The Morgan fingerprint density at radius 2 is 2.00 bits per heavy atom. The number of hydrogen-bond donors (Lipinski definition) is 2. The van der Waals surface area contributed by atoms with Crippen LogP contribution in [-0.2, 0) is 10.2 Å². The highest BCUT2D eigenvalue weighted by atomic mass is 16.4. The molecule has 114 valence electrons. The van der Waals surface area contributed by atoms with Gasteiger partial charge < -0.3 is 10.2 Å². The average molecular weight is 297 g/mol. The van der Waals surface area contributed by atoms with Crippen LogP contribution in [0.4, 0.5) is 0 Å². The zero-order valence-corrected chi connectivity index (χ0v) is 12.3. The number of aliphatic hydroxyl groups excluding tert-OH is 1. The van der Waals surface area contributed by atoms with Crippen LogP contribution in [0.2, 0.25) is 0 Å². The Labute approximate surface area is 129 Å². The predicted octanol–water partition coefficient (Wildman–Crippen LogP) is 2.31. The van der Waals surface area contributed by atoms with E-state index in [2.05, 4.69) is 6.07 Å². The van der Waals surface area contributed by atoms with Crippen LogP contribution in [0.15, 0.2) is 24.3 Å². The number of nitriles is 1. The quantitative estimate of drug-likeness (QED) is 0.897. The molecule has 22 heavy (non-hydrogen) atoms. The van der Waals surface area contributed by atoms with Gasteiger partial charge in [0.2, 0.25) is 0 Å². The van der Waals surface area contributed by atoms with Crippen LogP contribution in [0, 0.1) is 35.0 Å². The van der Waals surface area contributed by atoms with Gasteiger partial charge >= 0.3 is 5.97 Å². The van der Waals surface area contributed by atoms with Crippen molar-refractivity contribution in [3.63, 3.8) is 0 Å². The minimum absolute atomic E-state index is 0.129. The molecule has 0 aromatic heterocycles. The average Bonchev–Trinajstić information content (AvgIpc) is 2.84. The van der Waals surface area contributed by atoms with E-state index in [0.29, 0.717) is 17.4 Å². The number of rotatable bonds is 3. The normalized spacial score (nSPS) is 41.5. The van der Waals surface area contributed by atoms with E-state index < -0.39 is 5.97 Å². The Kier molecular flexibility index (Phi) is 2.86. The third-order valence-electron chi connectivity index (χ3n) is 6.52. The van der Waals surface area contributed by atoms with E-state index in [0.717, 1.165) is 24.8 Å². The minimum atomic E-state index is -0.769. The molecule has 0 amide bonds. The Morgan fingerprint density at radius 1 is 1.27 bits per heavy atom. The number of carboxylic acid groups (broad SMARTS) is 1. The number of carboxylic acids is 1. The highest BCUT2D eigenvalue weighted by Crippen LogP contribution is 2.68. The van der Waals surface area contributed by atoms with Gasteiger partial charge in [-0.25, -0.2) is 0 Å². The topological polar surface area (TPSA) is 81.3 Å². The van der Waals surface area contributed by atoms with Crippen molar-refractivity contribution < 1.29 is 15.0 Å². The molecule has 0 saturated heterocycles. The van der Waals surface area contributed by atoms with Crippen molar-refractivity contribution in [1.29, 1.82) is 5.26 Å². The molecule has 0 aliphatic heterocycles. The molecule has 4 aliphatic rings. The molecule has 0 heterocycles. The van der Waals surface area contributed by atoms with Crippen LogP contribution in [0.5, 0.6) is 0 Å². The summed E-state index contributed by atoms with van der Waals surface area (Å²) in [6, 6.07) is 9.55. The summed E-state index contributed by atoms with van der Waals surface area (Å²) < 4.78 is 0. The number of carbonyl (C=O) groups is 1. The first-order valence-electron chi connectivity index (χ1n) is 7.96. The van der Waals surface area contributed by atoms with Crippen molar-refractivity contribution in [2.75, 3.05) is 0 Å². The van der Waals surface area contributed by atoms with E-state index >= 15 is 0 Å². The predicted molar refractivity (Wildman–Crippen MR) is 78.9 cm³/mol. The first-order chi connectivity index (χ1) is 10.6. The van der Waals surface area contributed by atoms with E-state index in [-0.39, 0.29) is 29.8 Å². The molecule has 1 aromatic rings. The van der Waals surface area contributed by atoms with E-state index in [1.807, 2.05) is 12.1 Å². The highest BCUT2D eigenvalue weighted by molar-refractivity contribution is 5.70. The number of aliphatic carboxylic acids is 1. The molecular formula is C18H19NO3. The van der Waals surface area contributed by atoms with Crippen molar-refractivity contribution in [2.24, 2.45) is 23.7 Å². The lowest BCUT2D eigenvalue weighted by Gasteiger charge is -2.44. The van der Waals surface area contributed by atoms with E-state index in [1.165, 1.54) is 0 Å². The van der Waals surface area contributed by atoms with Crippen LogP contribution < -0.4 is 0 Å². The fraction of sp³-hybridized carbons (Fsp3) is 0.556. The lowest BCUT2D eigenvalue weighted by molar-refractivity contribution is -0.140. The maximum absolute atomic E-state index is 11.6. The number of benzene rings is 1. The molecule has 4 fully saturated rings. The van der Waals surface area contributed by atoms with E-state index in [1.54, 1.807) is 12.1 Å². The molecule has 2 N–H and O–H groups in total. The monoisotopic (exact) mass is 297 g/mol. The first-order valence-corrected chi connectivity index (χ1v) is 7.96. The Bertz CT molecular complexity index is 658. The summed E-state index contributed by atoms with van der Waals surface area (Å²) in [7, 11) is 0. The molecule has 4 saturated carbocycles. The van der Waals surface area contributed by atoms with Gasteiger partial charge in [-0.1, -0.05) is 12.1 Å². The Hall–Kier alpha value is -1.86. The Balaban J connectivity index is 1.82. The van der Waals surface area contributed by atoms with Gasteiger partial charge in [-0.15, -0.1) is 0 Å². The van der Waals surface area contributed by atoms with Crippen LogP contribution in [0.3, 0.4) is 0 Å². The molecular weight excluding hydrogens is 278 g/mol. The lowest BCUT2D eigenvalue weighted by Crippen LogP contribution is -2.43. The highest BCUT2D eigenvalue weighted by Gasteiger charge is 2.66. The van der Waals surface area contributed by atoms with Crippen molar-refractivity contribution in [3.8, 4) is 6.07 Å². The van der Waals surface area contributed by atoms with Gasteiger partial charge in [0.25, 0.3) is 0 Å². The third kappa shape index (κ3) is 1.63. The van der Waals surface area contributed by atoms with Gasteiger partial charge in [0, 0.05) is 5.41 Å². The SMILES string of the molecule is N#Cc1ccc(C2(CC(=O)O)C3CC4CC2C(C3)C4O)cc1. The second-order valence-corrected chi connectivity index (χ2v) is 7.23. The first kappa shape index (κ1) is 13.8. The van der Waals surface area contributed by atoms with Gasteiger partial charge in [-0.3, -0.25) is 4.79 Å².